The molecule has 3 aromatic heterocycles. The Bertz CT molecular complexity index is 1410. The molecule has 1 amide bonds. The second kappa shape index (κ2) is 8.19. The van der Waals surface area contributed by atoms with Gasteiger partial charge < -0.3 is 5.32 Å². The van der Waals surface area contributed by atoms with Gasteiger partial charge in [-0.3, -0.25) is 28.1 Å². The molecule has 33 heavy (non-hydrogen) atoms. The van der Waals surface area contributed by atoms with E-state index in [-0.39, 0.29) is 11.5 Å². The number of benzene rings is 1. The molecule has 1 aromatic carbocycles. The van der Waals surface area contributed by atoms with Crippen LogP contribution in [0.4, 0.5) is 0 Å². The van der Waals surface area contributed by atoms with Crippen molar-refractivity contribution >= 4 is 22.3 Å². The van der Waals surface area contributed by atoms with Gasteiger partial charge in [0.1, 0.15) is 11.2 Å². The summed E-state index contributed by atoms with van der Waals surface area (Å²) in [6, 6.07) is 8.61. The summed E-state index contributed by atoms with van der Waals surface area (Å²) < 4.78 is 4.98. The highest BCUT2D eigenvalue weighted by atomic mass is 16.2. The smallest absolute Gasteiger partial charge is 0.279 e. The summed E-state index contributed by atoms with van der Waals surface area (Å²) in [5.74, 6) is -0.186. The van der Waals surface area contributed by atoms with E-state index in [1.54, 1.807) is 30.3 Å². The highest BCUT2D eigenvalue weighted by Gasteiger charge is 2.28. The van der Waals surface area contributed by atoms with Gasteiger partial charge in [0, 0.05) is 43.5 Å². The number of aryl methyl sites for hydroxylation is 2. The first-order valence-electron chi connectivity index (χ1n) is 11.5. The van der Waals surface area contributed by atoms with E-state index in [2.05, 4.69) is 29.2 Å². The minimum Gasteiger partial charge on any atom is -0.349 e. The van der Waals surface area contributed by atoms with Gasteiger partial charge in [-0.15, -0.1) is 0 Å². The molecule has 1 fully saturated rings. The van der Waals surface area contributed by atoms with E-state index in [1.807, 2.05) is 35.6 Å². The summed E-state index contributed by atoms with van der Waals surface area (Å²) in [6.07, 6.45) is 7.28. The summed E-state index contributed by atoms with van der Waals surface area (Å²) in [5, 5.41) is 8.34. The molecule has 0 saturated carbocycles. The van der Waals surface area contributed by atoms with Crippen LogP contribution in [0.3, 0.4) is 0 Å². The van der Waals surface area contributed by atoms with Crippen molar-refractivity contribution in [1.82, 2.24) is 29.0 Å². The summed E-state index contributed by atoms with van der Waals surface area (Å²) in [7, 11) is 1.81. The van der Waals surface area contributed by atoms with Crippen LogP contribution in [0.2, 0.25) is 0 Å². The van der Waals surface area contributed by atoms with Gasteiger partial charge in [-0.05, 0) is 51.8 Å². The second-order valence-electron chi connectivity index (χ2n) is 9.23. The number of nitrogens with one attached hydrogen (secondary N) is 1. The zero-order valence-corrected chi connectivity index (χ0v) is 19.6. The van der Waals surface area contributed by atoms with Gasteiger partial charge in [0.15, 0.2) is 0 Å². The molecule has 1 aliphatic rings. The maximum Gasteiger partial charge on any atom is 0.279 e. The van der Waals surface area contributed by atoms with Crippen molar-refractivity contribution in [2.24, 2.45) is 7.05 Å². The molecule has 4 heterocycles. The van der Waals surface area contributed by atoms with Crippen LogP contribution in [-0.2, 0) is 7.05 Å². The first-order chi connectivity index (χ1) is 15.9. The molecule has 8 heteroatoms. The predicted octanol–water partition coefficient (Wildman–Crippen LogP) is 2.89. The number of para-hydroxylation sites is 1. The standard InChI is InChI=1S/C25H30N6O2/c1-16(2)29-11-7-8-18(29)12-26-24(32)22-15-30(19-13-27-28(4)14-19)25(33)23-17(3)20-9-5-6-10-21(20)31(22)23/h5-6,9-10,13-16,18H,7-8,11-12H2,1-4H3,(H,26,32). The van der Waals surface area contributed by atoms with Crippen LogP contribution in [0.5, 0.6) is 0 Å². The van der Waals surface area contributed by atoms with Crippen molar-refractivity contribution in [3.05, 3.63) is 64.5 Å². The van der Waals surface area contributed by atoms with Crippen LogP contribution >= 0.6 is 0 Å². The van der Waals surface area contributed by atoms with Crippen molar-refractivity contribution in [3.8, 4) is 5.69 Å². The van der Waals surface area contributed by atoms with Gasteiger partial charge in [0.2, 0.25) is 0 Å². The third kappa shape index (κ3) is 3.54. The summed E-state index contributed by atoms with van der Waals surface area (Å²) >= 11 is 0. The van der Waals surface area contributed by atoms with Gasteiger partial charge >= 0.3 is 0 Å². The van der Waals surface area contributed by atoms with E-state index >= 15 is 0 Å². The summed E-state index contributed by atoms with van der Waals surface area (Å²) in [6.45, 7) is 7.98. The highest BCUT2D eigenvalue weighted by molar-refractivity contribution is 5.99. The van der Waals surface area contributed by atoms with Gasteiger partial charge in [0.25, 0.3) is 11.5 Å². The van der Waals surface area contributed by atoms with Gasteiger partial charge in [0.05, 0.1) is 17.4 Å². The fourth-order valence-electron chi connectivity index (χ4n) is 5.20. The molecular weight excluding hydrogens is 416 g/mol. The number of amides is 1. The maximum atomic E-state index is 13.6. The fraction of sp³-hybridized carbons (Fsp3) is 0.400. The number of carbonyl (C=O) groups is 1. The van der Waals surface area contributed by atoms with Crippen LogP contribution in [0.25, 0.3) is 22.1 Å². The minimum absolute atomic E-state index is 0.171. The fourth-order valence-corrected chi connectivity index (χ4v) is 5.20. The van der Waals surface area contributed by atoms with Gasteiger partial charge in [-0.25, -0.2) is 0 Å². The Balaban J connectivity index is 1.64. The molecule has 1 saturated heterocycles. The second-order valence-corrected chi connectivity index (χ2v) is 9.23. The Morgan fingerprint density at radius 2 is 2.03 bits per heavy atom. The maximum absolute atomic E-state index is 13.6. The monoisotopic (exact) mass is 446 g/mol. The number of fused-ring (bicyclic) bond motifs is 3. The number of carbonyl (C=O) groups excluding carboxylic acids is 1. The molecule has 1 aliphatic heterocycles. The first-order valence-corrected chi connectivity index (χ1v) is 11.5. The van der Waals surface area contributed by atoms with Crippen molar-refractivity contribution in [2.75, 3.05) is 13.1 Å². The molecule has 0 bridgehead atoms. The topological polar surface area (TPSA) is 76.6 Å². The molecule has 0 aliphatic carbocycles. The van der Waals surface area contributed by atoms with Gasteiger partial charge in [-0.2, -0.15) is 5.10 Å². The third-order valence-electron chi connectivity index (χ3n) is 6.83. The molecule has 0 radical (unpaired) electrons. The average Bonchev–Trinajstić information content (AvgIpc) is 3.51. The van der Waals surface area contributed by atoms with Crippen molar-refractivity contribution in [3.63, 3.8) is 0 Å². The molecule has 1 unspecified atom stereocenters. The quantitative estimate of drug-likeness (QED) is 0.512. The molecular formula is C25H30N6O2. The van der Waals surface area contributed by atoms with Gasteiger partial charge in [-0.1, -0.05) is 18.2 Å². The number of hydrogen-bond acceptors (Lipinski definition) is 4. The summed E-state index contributed by atoms with van der Waals surface area (Å²) in [4.78, 5) is 29.6. The van der Waals surface area contributed by atoms with Crippen molar-refractivity contribution in [2.45, 2.75) is 45.7 Å². The highest BCUT2D eigenvalue weighted by Crippen LogP contribution is 2.26. The van der Waals surface area contributed by atoms with Crippen LogP contribution in [-0.4, -0.2) is 54.7 Å². The zero-order chi connectivity index (χ0) is 23.3. The predicted molar refractivity (Wildman–Crippen MR) is 129 cm³/mol. The van der Waals surface area contributed by atoms with Crippen LogP contribution < -0.4 is 10.9 Å². The molecule has 1 atom stereocenters. The zero-order valence-electron chi connectivity index (χ0n) is 19.6. The lowest BCUT2D eigenvalue weighted by molar-refractivity contribution is 0.0928. The largest absolute Gasteiger partial charge is 0.349 e. The van der Waals surface area contributed by atoms with Crippen molar-refractivity contribution in [1.29, 1.82) is 0 Å². The normalized spacial score (nSPS) is 16.9. The average molecular weight is 447 g/mol. The van der Waals surface area contributed by atoms with E-state index in [1.165, 1.54) is 4.57 Å². The lowest BCUT2D eigenvalue weighted by atomic mass is 10.2. The van der Waals surface area contributed by atoms with Crippen LogP contribution in [0.1, 0.15) is 42.7 Å². The molecule has 0 spiro atoms. The molecule has 172 valence electrons. The number of rotatable bonds is 5. The molecule has 5 rings (SSSR count). The third-order valence-corrected chi connectivity index (χ3v) is 6.83. The van der Waals surface area contributed by atoms with E-state index in [0.29, 0.717) is 35.5 Å². The number of likely N-dealkylation sites (tertiary alicyclic amines) is 1. The summed E-state index contributed by atoms with van der Waals surface area (Å²) in [5.41, 5.74) is 3.13. The minimum atomic E-state index is -0.186. The van der Waals surface area contributed by atoms with E-state index in [9.17, 15) is 9.59 Å². The van der Waals surface area contributed by atoms with Crippen LogP contribution in [0.15, 0.2) is 47.7 Å². The Kier molecular flexibility index (Phi) is 5.32. The molecule has 4 aromatic rings. The number of nitrogens with zero attached hydrogens (tertiary/aromatic N) is 5. The van der Waals surface area contributed by atoms with Crippen LogP contribution in [0, 0.1) is 6.92 Å². The SMILES string of the molecule is Cc1c2ccccc2n2c(C(=O)NCC3CCCN3C(C)C)cn(-c3cnn(C)c3)c(=O)c12. The Morgan fingerprint density at radius 1 is 1.24 bits per heavy atom. The number of hydrogen-bond donors (Lipinski definition) is 1. The molecule has 1 N–H and O–H groups in total. The lowest BCUT2D eigenvalue weighted by Gasteiger charge is -2.28. The Morgan fingerprint density at radius 3 is 2.76 bits per heavy atom. The Hall–Kier alpha value is -3.39. The van der Waals surface area contributed by atoms with Crippen molar-refractivity contribution < 1.29 is 4.79 Å². The molecule has 8 nitrogen and oxygen atoms in total. The lowest BCUT2D eigenvalue weighted by Crippen LogP contribution is -2.43. The first kappa shape index (κ1) is 21.5. The number of aromatic nitrogens is 4. The van der Waals surface area contributed by atoms with E-state index in [0.717, 1.165) is 35.9 Å². The Labute approximate surface area is 192 Å². The van der Waals surface area contributed by atoms with E-state index < -0.39 is 0 Å². The van der Waals surface area contributed by atoms with E-state index in [4.69, 9.17) is 0 Å².